The second-order valence-electron chi connectivity index (χ2n) is 16.9. The SMILES string of the molecule is C=C1C[C@@H]2CC[C@@]34C[C@H]5O[C@@H]6C(O[C@H]7CC[C@H](CC(=O)O[C@@H]8[C@@H](OC)[C@@H](C[C@H](O)CO)O[C@H]8C[C@H]8O[C@@H](CC[C@@H]1O2)C[C@@H](C)C8=C)O[C@@H]7[C@@H]6O3)[C@H]5O4. The number of hydrogen-bond donors (Lipinski definition) is 2. The van der Waals surface area contributed by atoms with E-state index in [1.165, 1.54) is 0 Å². The lowest BCUT2D eigenvalue weighted by Crippen LogP contribution is -2.61. The Balaban J connectivity index is 0.994. The molecule has 10 aliphatic heterocycles. The van der Waals surface area contributed by atoms with Crippen LogP contribution in [0.2, 0.25) is 0 Å². The summed E-state index contributed by atoms with van der Waals surface area (Å²) in [7, 11) is 1.55. The fourth-order valence-electron chi connectivity index (χ4n) is 10.8. The average Bonchev–Trinajstić information content (AvgIpc) is 3.79. The van der Waals surface area contributed by atoms with Gasteiger partial charge in [-0.15, -0.1) is 0 Å². The van der Waals surface area contributed by atoms with Crippen molar-refractivity contribution in [1.29, 1.82) is 0 Å². The summed E-state index contributed by atoms with van der Waals surface area (Å²) in [5.41, 5.74) is 2.10. The van der Waals surface area contributed by atoms with Crippen molar-refractivity contribution >= 4 is 5.97 Å². The molecule has 290 valence electrons. The smallest absolute Gasteiger partial charge is 0.308 e. The Kier molecular flexibility index (Phi) is 9.89. The molecule has 0 saturated carbocycles. The van der Waals surface area contributed by atoms with Gasteiger partial charge in [0, 0.05) is 32.8 Å². The number of fused-ring (bicyclic) bond motifs is 6. The van der Waals surface area contributed by atoms with Crippen LogP contribution in [-0.4, -0.2) is 139 Å². The van der Waals surface area contributed by atoms with Crippen LogP contribution in [0.3, 0.4) is 0 Å². The first-order valence-electron chi connectivity index (χ1n) is 19.8. The van der Waals surface area contributed by atoms with Crippen molar-refractivity contribution in [3.8, 4) is 0 Å². The number of carbonyl (C=O) groups is 1. The fraction of sp³-hybridized carbons (Fsp3) is 0.872. The summed E-state index contributed by atoms with van der Waals surface area (Å²) in [6, 6.07) is 0. The van der Waals surface area contributed by atoms with E-state index in [2.05, 4.69) is 20.1 Å². The van der Waals surface area contributed by atoms with Crippen molar-refractivity contribution in [3.05, 3.63) is 24.3 Å². The molecule has 0 aromatic carbocycles. The Hall–Kier alpha value is -1.49. The van der Waals surface area contributed by atoms with Gasteiger partial charge in [0.25, 0.3) is 0 Å². The molecule has 1 spiro atoms. The molecule has 0 amide bonds. The van der Waals surface area contributed by atoms with Gasteiger partial charge in [-0.25, -0.2) is 0 Å². The van der Waals surface area contributed by atoms with E-state index in [0.29, 0.717) is 32.1 Å². The van der Waals surface area contributed by atoms with Gasteiger partial charge in [0.05, 0.1) is 68.0 Å². The second kappa shape index (κ2) is 14.2. The maximum atomic E-state index is 13.8. The van der Waals surface area contributed by atoms with Crippen molar-refractivity contribution in [2.75, 3.05) is 13.7 Å². The molecule has 12 bridgehead atoms. The van der Waals surface area contributed by atoms with Crippen LogP contribution in [-0.2, 0) is 52.2 Å². The summed E-state index contributed by atoms with van der Waals surface area (Å²) in [4.78, 5) is 13.8. The predicted molar refractivity (Wildman–Crippen MR) is 181 cm³/mol. The zero-order chi connectivity index (χ0) is 35.9. The van der Waals surface area contributed by atoms with E-state index in [0.717, 1.165) is 43.3 Å². The number of rotatable bonds is 4. The normalized spacial score (nSPS) is 52.2. The van der Waals surface area contributed by atoms with Crippen molar-refractivity contribution < 1.29 is 62.4 Å². The zero-order valence-corrected chi connectivity index (χ0v) is 30.4. The zero-order valence-electron chi connectivity index (χ0n) is 30.4. The molecule has 2 N–H and O–H groups in total. The van der Waals surface area contributed by atoms with Gasteiger partial charge in [-0.2, -0.15) is 0 Å². The standard InChI is InChI=1S/C39H56O13/c1-18-11-22-5-7-25-19(2)12-24(44-25)9-10-39-16-30-35(51-39)36-37(49-30)38(52-39)33-26(48-36)8-6-23(46-33)14-31(42)50-34-29(15-27(45-22)20(18)3)47-28(32(34)43-4)13-21(41)17-40/h18,21-30,32-38,40-41H,2-3,5-17H2,1,4H3/t18-,21+,22+,23-,24+,25+,26+,27-,28-,29+,30-,32+,33+,34+,35+,36?,37-,38+,39+/m1/s1. The van der Waals surface area contributed by atoms with Crippen LogP contribution in [0.1, 0.15) is 84.0 Å². The number of methoxy groups -OCH3 is 1. The molecule has 10 fully saturated rings. The Bertz CT molecular complexity index is 1380. The Labute approximate surface area is 305 Å². The van der Waals surface area contributed by atoms with Crippen molar-refractivity contribution in [1.82, 2.24) is 0 Å². The molecule has 19 atom stereocenters. The van der Waals surface area contributed by atoms with E-state index < -0.39 is 61.1 Å². The molecule has 0 aliphatic carbocycles. The molecule has 10 heterocycles. The summed E-state index contributed by atoms with van der Waals surface area (Å²) in [5, 5.41) is 20.0. The molecule has 10 saturated heterocycles. The van der Waals surface area contributed by atoms with Gasteiger partial charge >= 0.3 is 5.97 Å². The highest BCUT2D eigenvalue weighted by molar-refractivity contribution is 5.70. The average molecular weight is 733 g/mol. The molecular formula is C39H56O13. The van der Waals surface area contributed by atoms with E-state index in [1.807, 2.05) is 0 Å². The van der Waals surface area contributed by atoms with Crippen LogP contribution >= 0.6 is 0 Å². The van der Waals surface area contributed by atoms with E-state index in [1.54, 1.807) is 7.11 Å². The van der Waals surface area contributed by atoms with Crippen molar-refractivity contribution in [2.24, 2.45) is 5.92 Å². The Morgan fingerprint density at radius 1 is 0.788 bits per heavy atom. The third-order valence-electron chi connectivity index (χ3n) is 13.5. The molecule has 0 aromatic heterocycles. The van der Waals surface area contributed by atoms with Crippen LogP contribution in [0.4, 0.5) is 0 Å². The van der Waals surface area contributed by atoms with Crippen LogP contribution in [0.25, 0.3) is 0 Å². The lowest BCUT2D eigenvalue weighted by atomic mass is 9.84. The number of aliphatic hydroxyl groups excluding tert-OH is 2. The van der Waals surface area contributed by atoms with Crippen LogP contribution in [0.15, 0.2) is 24.3 Å². The van der Waals surface area contributed by atoms with Crippen molar-refractivity contribution in [3.63, 3.8) is 0 Å². The lowest BCUT2D eigenvalue weighted by Gasteiger charge is -2.47. The molecule has 0 radical (unpaired) electrons. The van der Waals surface area contributed by atoms with Crippen LogP contribution in [0.5, 0.6) is 0 Å². The van der Waals surface area contributed by atoms with Gasteiger partial charge in [0.15, 0.2) is 11.9 Å². The van der Waals surface area contributed by atoms with E-state index in [4.69, 9.17) is 47.4 Å². The fourth-order valence-corrected chi connectivity index (χ4v) is 10.8. The van der Waals surface area contributed by atoms with E-state index >= 15 is 0 Å². The molecule has 0 aromatic rings. The highest BCUT2D eigenvalue weighted by Gasteiger charge is 2.68. The molecule has 13 heteroatoms. The minimum Gasteiger partial charge on any atom is -0.457 e. The second-order valence-corrected chi connectivity index (χ2v) is 16.9. The largest absolute Gasteiger partial charge is 0.457 e. The first-order valence-corrected chi connectivity index (χ1v) is 19.8. The first kappa shape index (κ1) is 36.2. The van der Waals surface area contributed by atoms with Crippen LogP contribution in [0, 0.1) is 5.92 Å². The minimum atomic E-state index is -1.01. The molecule has 13 nitrogen and oxygen atoms in total. The minimum absolute atomic E-state index is 0.0122. The molecule has 10 rings (SSSR count). The number of aliphatic hydroxyl groups is 2. The highest BCUT2D eigenvalue weighted by atomic mass is 16.8. The van der Waals surface area contributed by atoms with E-state index in [9.17, 15) is 15.0 Å². The molecular weight excluding hydrogens is 676 g/mol. The number of hydrogen-bond acceptors (Lipinski definition) is 13. The van der Waals surface area contributed by atoms with Gasteiger partial charge < -0.3 is 57.6 Å². The lowest BCUT2D eigenvalue weighted by molar-refractivity contribution is -0.293. The van der Waals surface area contributed by atoms with E-state index in [-0.39, 0.29) is 79.8 Å². The molecule has 52 heavy (non-hydrogen) atoms. The predicted octanol–water partition coefficient (Wildman–Crippen LogP) is 2.81. The van der Waals surface area contributed by atoms with Crippen LogP contribution < -0.4 is 0 Å². The summed E-state index contributed by atoms with van der Waals surface area (Å²) < 4.78 is 65.6. The summed E-state index contributed by atoms with van der Waals surface area (Å²) in [6.45, 7) is 10.6. The number of ether oxygens (including phenoxy) is 10. The Morgan fingerprint density at radius 2 is 1.54 bits per heavy atom. The highest BCUT2D eigenvalue weighted by Crippen LogP contribution is 2.54. The third kappa shape index (κ3) is 6.53. The number of esters is 1. The van der Waals surface area contributed by atoms with Gasteiger partial charge in [-0.3, -0.25) is 4.79 Å². The maximum absolute atomic E-state index is 13.8. The maximum Gasteiger partial charge on any atom is 0.308 e. The van der Waals surface area contributed by atoms with Gasteiger partial charge in [0.1, 0.15) is 42.7 Å². The van der Waals surface area contributed by atoms with Gasteiger partial charge in [0.2, 0.25) is 0 Å². The summed E-state index contributed by atoms with van der Waals surface area (Å²) >= 11 is 0. The third-order valence-corrected chi connectivity index (χ3v) is 13.5. The van der Waals surface area contributed by atoms with Crippen molar-refractivity contribution in [2.45, 2.75) is 194 Å². The summed E-state index contributed by atoms with van der Waals surface area (Å²) in [5.74, 6) is -1.01. The first-order chi connectivity index (χ1) is 25.1. The molecule has 1 unspecified atom stereocenters. The topological polar surface area (TPSA) is 150 Å². The molecule has 10 aliphatic rings. The Morgan fingerprint density at radius 3 is 2.37 bits per heavy atom. The monoisotopic (exact) mass is 732 g/mol. The number of carbonyl (C=O) groups excluding carboxylic acids is 1. The quantitative estimate of drug-likeness (QED) is 0.323. The van der Waals surface area contributed by atoms with Gasteiger partial charge in [-0.1, -0.05) is 20.1 Å². The summed E-state index contributed by atoms with van der Waals surface area (Å²) in [6.07, 6.45) is 1.15. The van der Waals surface area contributed by atoms with Gasteiger partial charge in [-0.05, 0) is 62.0 Å².